The van der Waals surface area contributed by atoms with E-state index in [1.165, 1.54) is 16.7 Å². The number of rotatable bonds is 9. The Kier molecular flexibility index (Phi) is 9.50. The Morgan fingerprint density at radius 3 is 2.44 bits per heavy atom. The van der Waals surface area contributed by atoms with Crippen LogP contribution in [0, 0.1) is 0 Å². The average molecular weight is 458 g/mol. The highest BCUT2D eigenvalue weighted by atomic mass is 16.3. The van der Waals surface area contributed by atoms with E-state index < -0.39 is 0 Å². The van der Waals surface area contributed by atoms with E-state index in [9.17, 15) is 10.2 Å². The van der Waals surface area contributed by atoms with Crippen molar-refractivity contribution in [2.75, 3.05) is 19.7 Å². The lowest BCUT2D eigenvalue weighted by Crippen LogP contribution is -2.34. The van der Waals surface area contributed by atoms with Crippen LogP contribution in [0.25, 0.3) is 11.1 Å². The molecule has 0 saturated heterocycles. The first-order valence-electron chi connectivity index (χ1n) is 12.4. The van der Waals surface area contributed by atoms with Crippen LogP contribution in [0.5, 0.6) is 5.75 Å². The van der Waals surface area contributed by atoms with Crippen LogP contribution in [-0.2, 0) is 0 Å². The Hall–Kier alpha value is -2.88. The minimum absolute atomic E-state index is 0.147. The largest absolute Gasteiger partial charge is 0.508 e. The third-order valence-corrected chi connectivity index (χ3v) is 6.55. The van der Waals surface area contributed by atoms with Gasteiger partial charge in [-0.25, -0.2) is 0 Å². The van der Waals surface area contributed by atoms with Gasteiger partial charge in [0, 0.05) is 25.7 Å². The maximum Gasteiger partial charge on any atom is 0.116 e. The van der Waals surface area contributed by atoms with Crippen LogP contribution in [0.15, 0.2) is 84.0 Å². The second-order valence-corrected chi connectivity index (χ2v) is 9.25. The van der Waals surface area contributed by atoms with Crippen molar-refractivity contribution >= 4 is 11.1 Å². The summed E-state index contributed by atoms with van der Waals surface area (Å²) in [6.45, 7) is 10.9. The molecule has 0 fully saturated rings. The van der Waals surface area contributed by atoms with E-state index in [-0.39, 0.29) is 12.4 Å². The number of aliphatic hydroxyl groups excluding tert-OH is 1. The lowest BCUT2D eigenvalue weighted by molar-refractivity contribution is 0.245. The number of aromatic hydroxyl groups is 1. The lowest BCUT2D eigenvalue weighted by atomic mass is 9.86. The molecule has 0 radical (unpaired) electrons. The van der Waals surface area contributed by atoms with Crippen LogP contribution < -0.4 is 0 Å². The molecule has 0 bridgehead atoms. The minimum Gasteiger partial charge on any atom is -0.508 e. The van der Waals surface area contributed by atoms with Crippen molar-refractivity contribution in [1.29, 1.82) is 0 Å². The summed E-state index contributed by atoms with van der Waals surface area (Å²) in [5.41, 5.74) is 8.26. The quantitative estimate of drug-likeness (QED) is 0.399. The van der Waals surface area contributed by atoms with Gasteiger partial charge in [0.2, 0.25) is 0 Å². The molecule has 1 aliphatic heterocycles. The zero-order chi connectivity index (χ0) is 24.5. The monoisotopic (exact) mass is 457 g/mol. The van der Waals surface area contributed by atoms with Gasteiger partial charge in [-0.1, -0.05) is 60.7 Å². The number of phenolic OH excluding ortho intramolecular Hbond substituents is 1. The summed E-state index contributed by atoms with van der Waals surface area (Å²) in [7, 11) is 0. The number of hydrogen-bond donors (Lipinski definition) is 2. The molecule has 0 aromatic heterocycles. The van der Waals surface area contributed by atoms with Gasteiger partial charge < -0.3 is 10.2 Å². The van der Waals surface area contributed by atoms with Crippen molar-refractivity contribution in [2.24, 2.45) is 0 Å². The number of phenols is 1. The van der Waals surface area contributed by atoms with Crippen molar-refractivity contribution in [2.45, 2.75) is 53.0 Å². The Bertz CT molecular complexity index is 1070. The van der Waals surface area contributed by atoms with Crippen LogP contribution in [0.3, 0.4) is 0 Å². The molecular weight excluding hydrogens is 418 g/mol. The summed E-state index contributed by atoms with van der Waals surface area (Å²) in [5.74, 6) is 0.255. The molecular formula is C31H39NO2. The summed E-state index contributed by atoms with van der Waals surface area (Å²) in [6.07, 6.45) is 11.1. The van der Waals surface area contributed by atoms with E-state index in [0.29, 0.717) is 12.5 Å². The van der Waals surface area contributed by atoms with E-state index in [4.69, 9.17) is 0 Å². The van der Waals surface area contributed by atoms with Gasteiger partial charge in [-0.05, 0) is 98.1 Å². The van der Waals surface area contributed by atoms with E-state index in [1.807, 2.05) is 31.2 Å². The molecule has 0 saturated carbocycles. The summed E-state index contributed by atoms with van der Waals surface area (Å²) in [5, 5.41) is 19.8. The third kappa shape index (κ3) is 6.59. The number of hydrogen-bond acceptors (Lipinski definition) is 3. The second kappa shape index (κ2) is 12.5. The number of aliphatic hydroxyl groups is 1. The smallest absolute Gasteiger partial charge is 0.116 e. The van der Waals surface area contributed by atoms with Crippen LogP contribution >= 0.6 is 0 Å². The van der Waals surface area contributed by atoms with Gasteiger partial charge in [-0.2, -0.15) is 0 Å². The first kappa shape index (κ1) is 25.7. The zero-order valence-corrected chi connectivity index (χ0v) is 21.1. The Labute approximate surface area is 205 Å². The molecule has 0 aliphatic carbocycles. The molecule has 180 valence electrons. The molecule has 3 heteroatoms. The van der Waals surface area contributed by atoms with Crippen molar-refractivity contribution in [3.8, 4) is 5.75 Å². The fourth-order valence-electron chi connectivity index (χ4n) is 4.56. The Balaban J connectivity index is 2.07. The highest BCUT2D eigenvalue weighted by Gasteiger charge is 2.17. The molecule has 1 aliphatic rings. The maximum absolute atomic E-state index is 10.2. The van der Waals surface area contributed by atoms with E-state index in [0.717, 1.165) is 48.2 Å². The fraction of sp³-hybridized carbons (Fsp3) is 0.355. The normalized spacial score (nSPS) is 16.2. The Morgan fingerprint density at radius 2 is 1.85 bits per heavy atom. The highest BCUT2D eigenvalue weighted by Crippen LogP contribution is 2.35. The summed E-state index contributed by atoms with van der Waals surface area (Å²) >= 11 is 0. The first-order chi connectivity index (χ1) is 16.4. The van der Waals surface area contributed by atoms with Crippen LogP contribution in [-0.4, -0.2) is 40.9 Å². The molecule has 0 amide bonds. The summed E-state index contributed by atoms with van der Waals surface area (Å²) in [6, 6.07) is 16.9. The second-order valence-electron chi connectivity index (χ2n) is 9.25. The number of benzene rings is 2. The summed E-state index contributed by atoms with van der Waals surface area (Å²) < 4.78 is 0. The number of nitrogens with zero attached hydrogens (tertiary/aromatic N) is 1. The molecule has 0 unspecified atom stereocenters. The van der Waals surface area contributed by atoms with Gasteiger partial charge in [0.05, 0.1) is 0 Å². The predicted molar refractivity (Wildman–Crippen MR) is 145 cm³/mol. The van der Waals surface area contributed by atoms with Crippen molar-refractivity contribution in [1.82, 2.24) is 4.90 Å². The Morgan fingerprint density at radius 1 is 1.09 bits per heavy atom. The molecule has 2 aromatic rings. The van der Waals surface area contributed by atoms with E-state index >= 15 is 0 Å². The molecule has 0 spiro atoms. The van der Waals surface area contributed by atoms with E-state index in [2.05, 4.69) is 68.2 Å². The average Bonchev–Trinajstić information content (AvgIpc) is 2.85. The topological polar surface area (TPSA) is 43.7 Å². The van der Waals surface area contributed by atoms with Gasteiger partial charge in [0.15, 0.2) is 0 Å². The molecule has 0 atom stereocenters. The molecule has 3 rings (SSSR count). The highest BCUT2D eigenvalue weighted by molar-refractivity contribution is 5.85. The fourth-order valence-corrected chi connectivity index (χ4v) is 4.56. The van der Waals surface area contributed by atoms with Gasteiger partial charge in [0.25, 0.3) is 0 Å². The SMILES string of the molecule is C\C=C/C=C(C)/C(CCCO)=C(\c1ccc(C2=CCN(C(C)C)CC2)cc1)c1cccc(O)c1. The number of allylic oxidation sites excluding steroid dienone is 5. The molecule has 34 heavy (non-hydrogen) atoms. The minimum atomic E-state index is 0.147. The van der Waals surface area contributed by atoms with Gasteiger partial charge in [-0.15, -0.1) is 0 Å². The lowest BCUT2D eigenvalue weighted by Gasteiger charge is -2.29. The molecule has 2 aromatic carbocycles. The maximum atomic E-state index is 10.2. The summed E-state index contributed by atoms with van der Waals surface area (Å²) in [4.78, 5) is 2.49. The standard InChI is InChI=1S/C31H39NO2/c1-5-6-9-24(4)30(12-8-21-33)31(28-10-7-11-29(34)22-28)27-15-13-25(14-16-27)26-17-19-32(20-18-26)23(2)3/h5-7,9-11,13-17,22-23,33-34H,8,12,18-21H2,1-4H3/b6-5-,24-9+,31-30+. The van der Waals surface area contributed by atoms with Crippen LogP contribution in [0.2, 0.25) is 0 Å². The van der Waals surface area contributed by atoms with Crippen molar-refractivity contribution < 1.29 is 10.2 Å². The zero-order valence-electron chi connectivity index (χ0n) is 21.1. The van der Waals surface area contributed by atoms with Crippen LogP contribution in [0.4, 0.5) is 0 Å². The van der Waals surface area contributed by atoms with Gasteiger partial charge in [0.1, 0.15) is 5.75 Å². The van der Waals surface area contributed by atoms with Gasteiger partial charge >= 0.3 is 0 Å². The first-order valence-corrected chi connectivity index (χ1v) is 12.4. The third-order valence-electron chi connectivity index (χ3n) is 6.55. The molecule has 3 nitrogen and oxygen atoms in total. The van der Waals surface area contributed by atoms with Crippen molar-refractivity contribution in [3.63, 3.8) is 0 Å². The van der Waals surface area contributed by atoms with Crippen molar-refractivity contribution in [3.05, 3.63) is 101 Å². The molecule has 1 heterocycles. The van der Waals surface area contributed by atoms with E-state index in [1.54, 1.807) is 6.07 Å². The van der Waals surface area contributed by atoms with Crippen LogP contribution in [0.1, 0.15) is 63.6 Å². The molecule has 2 N–H and O–H groups in total. The predicted octanol–water partition coefficient (Wildman–Crippen LogP) is 6.99. The van der Waals surface area contributed by atoms with Gasteiger partial charge in [-0.3, -0.25) is 4.90 Å².